The molecular weight excluding hydrogens is 211 g/mol. The second-order valence-corrected chi connectivity index (χ2v) is 6.41. The molecule has 0 aliphatic heterocycles. The van der Waals surface area contributed by atoms with Crippen molar-refractivity contribution in [2.45, 2.75) is 58.0 Å². The molecule has 4 heteroatoms. The van der Waals surface area contributed by atoms with E-state index in [0.717, 1.165) is 32.1 Å². The summed E-state index contributed by atoms with van der Waals surface area (Å²) in [4.78, 5) is 0. The lowest BCUT2D eigenvalue weighted by Crippen LogP contribution is -2.17. The average Bonchev–Trinajstić information content (AvgIpc) is 2.28. The Balaban J connectivity index is 2.56. The summed E-state index contributed by atoms with van der Waals surface area (Å²) in [5.74, 6) is 0. The minimum absolute atomic E-state index is 0.151. The van der Waals surface area contributed by atoms with Crippen molar-refractivity contribution in [1.29, 1.82) is 0 Å². The summed E-state index contributed by atoms with van der Waals surface area (Å²) in [6, 6.07) is 0. The van der Waals surface area contributed by atoms with Crippen molar-refractivity contribution >= 4 is 7.60 Å². The van der Waals surface area contributed by atoms with Crippen LogP contribution in [0.25, 0.3) is 0 Å². The summed E-state index contributed by atoms with van der Waals surface area (Å²) in [7, 11) is -2.81. The van der Waals surface area contributed by atoms with E-state index in [1.807, 2.05) is 13.8 Å². The van der Waals surface area contributed by atoms with Crippen molar-refractivity contribution in [1.82, 2.24) is 0 Å². The van der Waals surface area contributed by atoms with E-state index in [4.69, 9.17) is 9.05 Å². The molecule has 3 nitrogen and oxygen atoms in total. The largest absolute Gasteiger partial charge is 0.333 e. The zero-order valence-corrected chi connectivity index (χ0v) is 10.8. The number of rotatable bonds is 6. The summed E-state index contributed by atoms with van der Waals surface area (Å²) >= 11 is 0. The molecule has 1 rings (SSSR count). The Morgan fingerprint density at radius 2 is 1.80 bits per heavy atom. The lowest BCUT2D eigenvalue weighted by atomic mass is 10.0. The predicted molar refractivity (Wildman–Crippen MR) is 62.3 cm³/mol. The van der Waals surface area contributed by atoms with Crippen molar-refractivity contribution in [3.8, 4) is 0 Å². The molecule has 1 saturated carbocycles. The maximum absolute atomic E-state index is 12.5. The number of hydrogen-bond acceptors (Lipinski definition) is 3. The van der Waals surface area contributed by atoms with Gasteiger partial charge in [-0.3, -0.25) is 4.57 Å². The Morgan fingerprint density at radius 3 is 2.33 bits per heavy atom. The second kappa shape index (κ2) is 6.67. The number of hydrogen-bond donors (Lipinski definition) is 0. The summed E-state index contributed by atoms with van der Waals surface area (Å²) in [5.41, 5.74) is 0.151. The molecule has 90 valence electrons. The summed E-state index contributed by atoms with van der Waals surface area (Å²) < 4.78 is 23.4. The second-order valence-electron chi connectivity index (χ2n) is 4.08. The molecule has 0 saturated heterocycles. The van der Waals surface area contributed by atoms with E-state index < -0.39 is 7.60 Å². The fraction of sp³-hybridized carbons (Fsp3) is 1.00. The molecule has 0 spiro atoms. The first-order valence-corrected chi connectivity index (χ1v) is 7.73. The molecule has 0 amide bonds. The highest BCUT2D eigenvalue weighted by Gasteiger charge is 2.36. The topological polar surface area (TPSA) is 35.5 Å². The van der Waals surface area contributed by atoms with Gasteiger partial charge in [0.15, 0.2) is 0 Å². The van der Waals surface area contributed by atoms with Crippen LogP contribution in [0.15, 0.2) is 0 Å². The van der Waals surface area contributed by atoms with Crippen LogP contribution in [0.5, 0.6) is 0 Å². The zero-order valence-electron chi connectivity index (χ0n) is 9.91. The van der Waals surface area contributed by atoms with Crippen LogP contribution in [0.1, 0.15) is 52.4 Å². The Bertz CT molecular complexity index is 212. The third-order valence-electron chi connectivity index (χ3n) is 2.81. The van der Waals surface area contributed by atoms with E-state index in [1.54, 1.807) is 0 Å². The first-order valence-electron chi connectivity index (χ1n) is 6.11. The van der Waals surface area contributed by atoms with Gasteiger partial charge in [-0.1, -0.05) is 26.2 Å². The highest BCUT2D eigenvalue weighted by atomic mass is 31.2. The van der Waals surface area contributed by atoms with Crippen molar-refractivity contribution in [3.63, 3.8) is 0 Å². The van der Waals surface area contributed by atoms with Gasteiger partial charge in [0, 0.05) is 0 Å². The molecule has 1 aliphatic carbocycles. The predicted octanol–water partition coefficient (Wildman–Crippen LogP) is 3.98. The Hall–Kier alpha value is 0.150. The quantitative estimate of drug-likeness (QED) is 0.652. The van der Waals surface area contributed by atoms with E-state index in [2.05, 4.69) is 0 Å². The van der Waals surface area contributed by atoms with Gasteiger partial charge in [0.25, 0.3) is 0 Å². The van der Waals surface area contributed by atoms with Crippen LogP contribution in [0.4, 0.5) is 0 Å². The Labute approximate surface area is 93.1 Å². The molecule has 1 aliphatic rings. The SMILES string of the molecule is CCCOP(=O)(OCC)C1CCCCC1. The van der Waals surface area contributed by atoms with Crippen LogP contribution >= 0.6 is 7.60 Å². The van der Waals surface area contributed by atoms with Gasteiger partial charge < -0.3 is 9.05 Å². The normalized spacial score (nSPS) is 22.5. The molecule has 0 bridgehead atoms. The maximum Gasteiger partial charge on any atom is 0.333 e. The van der Waals surface area contributed by atoms with Crippen LogP contribution in [0.2, 0.25) is 0 Å². The maximum atomic E-state index is 12.5. The van der Waals surface area contributed by atoms with Crippen LogP contribution in [0, 0.1) is 0 Å². The van der Waals surface area contributed by atoms with E-state index in [1.165, 1.54) is 6.42 Å². The molecule has 0 aromatic heterocycles. The summed E-state index contributed by atoms with van der Waals surface area (Å²) in [6.07, 6.45) is 6.48. The molecule has 0 aromatic carbocycles. The van der Waals surface area contributed by atoms with Gasteiger partial charge in [-0.25, -0.2) is 0 Å². The average molecular weight is 234 g/mol. The van der Waals surface area contributed by atoms with Crippen LogP contribution in [-0.4, -0.2) is 18.9 Å². The zero-order chi connectivity index (χ0) is 11.1. The van der Waals surface area contributed by atoms with E-state index in [-0.39, 0.29) is 5.66 Å². The molecule has 0 N–H and O–H groups in total. The van der Waals surface area contributed by atoms with Crippen molar-refractivity contribution in [2.75, 3.05) is 13.2 Å². The van der Waals surface area contributed by atoms with Gasteiger partial charge in [0.2, 0.25) is 0 Å². The summed E-state index contributed by atoms with van der Waals surface area (Å²) in [5, 5.41) is 0. The standard InChI is InChI=1S/C11H23O3P/c1-3-10-14-15(12,13-4-2)11-8-6-5-7-9-11/h11H,3-10H2,1-2H3. The lowest BCUT2D eigenvalue weighted by molar-refractivity contribution is 0.198. The van der Waals surface area contributed by atoms with Crippen molar-refractivity contribution in [2.24, 2.45) is 0 Å². The highest BCUT2D eigenvalue weighted by Crippen LogP contribution is 2.57. The minimum atomic E-state index is -2.81. The molecule has 0 aromatic rings. The van der Waals surface area contributed by atoms with Crippen LogP contribution in [0.3, 0.4) is 0 Å². The van der Waals surface area contributed by atoms with E-state index in [0.29, 0.717) is 13.2 Å². The smallest absolute Gasteiger partial charge is 0.309 e. The Kier molecular flexibility index (Phi) is 5.88. The van der Waals surface area contributed by atoms with Crippen LogP contribution in [-0.2, 0) is 13.6 Å². The van der Waals surface area contributed by atoms with Crippen molar-refractivity contribution in [3.05, 3.63) is 0 Å². The third kappa shape index (κ3) is 3.90. The molecule has 15 heavy (non-hydrogen) atoms. The lowest BCUT2D eigenvalue weighted by Gasteiger charge is -2.29. The van der Waals surface area contributed by atoms with E-state index >= 15 is 0 Å². The fourth-order valence-corrected chi connectivity index (χ4v) is 4.33. The third-order valence-corrected chi connectivity index (χ3v) is 5.38. The van der Waals surface area contributed by atoms with Crippen LogP contribution < -0.4 is 0 Å². The first kappa shape index (κ1) is 13.2. The van der Waals surface area contributed by atoms with Crippen molar-refractivity contribution < 1.29 is 13.6 Å². The monoisotopic (exact) mass is 234 g/mol. The van der Waals surface area contributed by atoms with Gasteiger partial charge in [-0.05, 0) is 26.2 Å². The Morgan fingerprint density at radius 1 is 1.13 bits per heavy atom. The molecule has 1 fully saturated rings. The van der Waals surface area contributed by atoms with Gasteiger partial charge in [0.1, 0.15) is 0 Å². The minimum Gasteiger partial charge on any atom is -0.309 e. The molecule has 1 atom stereocenters. The van der Waals surface area contributed by atoms with Gasteiger partial charge in [-0.2, -0.15) is 0 Å². The molecule has 0 radical (unpaired) electrons. The van der Waals surface area contributed by atoms with Gasteiger partial charge >= 0.3 is 7.60 Å². The fourth-order valence-electron chi connectivity index (χ4n) is 2.04. The van der Waals surface area contributed by atoms with E-state index in [9.17, 15) is 4.57 Å². The molecule has 1 unspecified atom stereocenters. The molecular formula is C11H23O3P. The summed E-state index contributed by atoms with van der Waals surface area (Å²) in [6.45, 7) is 4.94. The van der Waals surface area contributed by atoms with Gasteiger partial charge in [-0.15, -0.1) is 0 Å². The first-order chi connectivity index (χ1) is 7.23. The van der Waals surface area contributed by atoms with Gasteiger partial charge in [0.05, 0.1) is 18.9 Å². The molecule has 0 heterocycles. The highest BCUT2D eigenvalue weighted by molar-refractivity contribution is 7.54.